The van der Waals surface area contributed by atoms with E-state index in [9.17, 15) is 18.8 Å². The van der Waals surface area contributed by atoms with Crippen molar-refractivity contribution in [1.82, 2.24) is 29.3 Å². The summed E-state index contributed by atoms with van der Waals surface area (Å²) in [6.45, 7) is -3.05. The van der Waals surface area contributed by atoms with Crippen molar-refractivity contribution in [1.29, 1.82) is 0 Å². The highest BCUT2D eigenvalue weighted by molar-refractivity contribution is 6.58. The van der Waals surface area contributed by atoms with Crippen molar-refractivity contribution in [3.05, 3.63) is 42.9 Å². The van der Waals surface area contributed by atoms with Gasteiger partial charge in [-0.3, -0.25) is 4.98 Å². The number of ether oxygens (including phenoxy) is 1. The minimum absolute atomic E-state index is 0.189. The van der Waals surface area contributed by atoms with Crippen LogP contribution in [-0.4, -0.2) is 59.7 Å². The van der Waals surface area contributed by atoms with Gasteiger partial charge in [0, 0.05) is 24.9 Å². The number of aryl methyl sites for hydroxylation is 1. The summed E-state index contributed by atoms with van der Waals surface area (Å²) in [5.74, 6) is 0.558. The predicted molar refractivity (Wildman–Crippen MR) is 91.0 cm³/mol. The van der Waals surface area contributed by atoms with Crippen LogP contribution in [0.4, 0.5) is 8.78 Å². The molecule has 0 saturated carbocycles. The molecule has 3 aromatic heterocycles. The second kappa shape index (κ2) is 8.33. The zero-order valence-electron chi connectivity index (χ0n) is 14.4. The maximum Gasteiger partial charge on any atom is 0.490 e. The van der Waals surface area contributed by atoms with Crippen molar-refractivity contribution in [2.24, 2.45) is 7.05 Å². The topological polar surface area (TPSA) is 111 Å². The van der Waals surface area contributed by atoms with Gasteiger partial charge < -0.3 is 19.4 Å². The Morgan fingerprint density at radius 3 is 2.63 bits per heavy atom. The lowest BCUT2D eigenvalue weighted by Gasteiger charge is -2.18. The largest absolute Gasteiger partial charge is 0.490 e. The van der Waals surface area contributed by atoms with E-state index in [1.807, 2.05) is 0 Å². The van der Waals surface area contributed by atoms with Gasteiger partial charge in [0.25, 0.3) is 0 Å². The van der Waals surface area contributed by atoms with E-state index < -0.39 is 19.8 Å². The number of nitrogens with zero attached hydrogens (tertiary/aromatic N) is 6. The Morgan fingerprint density at radius 2 is 2.04 bits per heavy atom. The molecule has 3 aromatic rings. The third-order valence-corrected chi connectivity index (χ3v) is 3.99. The van der Waals surface area contributed by atoms with Gasteiger partial charge in [-0.25, -0.2) is 14.6 Å². The van der Waals surface area contributed by atoms with Crippen LogP contribution >= 0.6 is 0 Å². The van der Waals surface area contributed by atoms with E-state index in [0.717, 1.165) is 0 Å². The van der Waals surface area contributed by atoms with Crippen molar-refractivity contribution < 1.29 is 23.6 Å². The van der Waals surface area contributed by atoms with E-state index >= 15 is 0 Å². The maximum atomic E-state index is 12.3. The first-order valence-corrected chi connectivity index (χ1v) is 8.05. The van der Waals surface area contributed by atoms with Crippen molar-refractivity contribution in [3.8, 4) is 11.5 Å². The van der Waals surface area contributed by atoms with Crippen LogP contribution < -0.4 is 5.46 Å². The van der Waals surface area contributed by atoms with Crippen LogP contribution in [0.3, 0.4) is 0 Å². The molecule has 0 aliphatic carbocycles. The van der Waals surface area contributed by atoms with E-state index in [1.54, 1.807) is 34.9 Å². The minimum Gasteiger partial charge on any atom is -0.423 e. The summed E-state index contributed by atoms with van der Waals surface area (Å²) in [6, 6.07) is 2.67. The number of imidazole rings is 1. The molecular weight excluding hydrogens is 361 g/mol. The van der Waals surface area contributed by atoms with E-state index in [-0.39, 0.29) is 18.5 Å². The van der Waals surface area contributed by atoms with Crippen LogP contribution in [0, 0.1) is 0 Å². The number of pyridine rings is 1. The molecule has 0 bridgehead atoms. The number of hydrogen-bond acceptors (Lipinski definition) is 7. The van der Waals surface area contributed by atoms with Gasteiger partial charge in [0.05, 0.1) is 24.7 Å². The predicted octanol–water partition coefficient (Wildman–Crippen LogP) is -0.0279. The zero-order valence-corrected chi connectivity index (χ0v) is 14.4. The highest BCUT2D eigenvalue weighted by atomic mass is 19.3. The molecule has 1 atom stereocenters. The molecule has 0 spiro atoms. The SMILES string of the molecule is Cn1ncnc1-c1cn(C(CCOC(F)F)c2ccc(B(O)O)cn2)cn1. The summed E-state index contributed by atoms with van der Waals surface area (Å²) >= 11 is 0. The summed E-state index contributed by atoms with van der Waals surface area (Å²) in [5.41, 5.74) is 1.34. The Bertz CT molecular complexity index is 871. The molecule has 0 aromatic carbocycles. The molecule has 3 rings (SSSR count). The summed E-state index contributed by atoms with van der Waals surface area (Å²) < 4.78 is 32.3. The van der Waals surface area contributed by atoms with Gasteiger partial charge >= 0.3 is 13.7 Å². The number of aromatic nitrogens is 6. The van der Waals surface area contributed by atoms with E-state index in [0.29, 0.717) is 17.2 Å². The molecule has 9 nitrogen and oxygen atoms in total. The van der Waals surface area contributed by atoms with Crippen molar-refractivity contribution in [2.45, 2.75) is 19.1 Å². The Hall–Kier alpha value is -2.70. The first-order chi connectivity index (χ1) is 13.0. The number of rotatable bonds is 8. The Balaban J connectivity index is 1.87. The fourth-order valence-electron chi connectivity index (χ4n) is 2.64. The molecule has 0 radical (unpaired) electrons. The van der Waals surface area contributed by atoms with Crippen molar-refractivity contribution >= 4 is 12.6 Å². The highest BCUT2D eigenvalue weighted by Gasteiger charge is 2.20. The smallest absolute Gasteiger partial charge is 0.423 e. The van der Waals surface area contributed by atoms with Crippen LogP contribution in [0.1, 0.15) is 18.2 Å². The van der Waals surface area contributed by atoms with Gasteiger partial charge in [-0.05, 0) is 12.5 Å². The molecule has 3 heterocycles. The van der Waals surface area contributed by atoms with Crippen LogP contribution in [0.25, 0.3) is 11.5 Å². The minimum atomic E-state index is -2.86. The Labute approximate surface area is 153 Å². The van der Waals surface area contributed by atoms with Gasteiger partial charge in [0.15, 0.2) is 5.82 Å². The fourth-order valence-corrected chi connectivity index (χ4v) is 2.64. The maximum absolute atomic E-state index is 12.3. The molecule has 142 valence electrons. The quantitative estimate of drug-likeness (QED) is 0.530. The summed E-state index contributed by atoms with van der Waals surface area (Å²) in [5, 5.41) is 22.4. The van der Waals surface area contributed by atoms with E-state index in [4.69, 9.17) is 0 Å². The van der Waals surface area contributed by atoms with Gasteiger partial charge in [-0.2, -0.15) is 13.9 Å². The summed E-state index contributed by atoms with van der Waals surface area (Å²) in [7, 11) is 0.0958. The molecular formula is C15H17BF2N6O3. The third kappa shape index (κ3) is 4.53. The Morgan fingerprint density at radius 1 is 1.22 bits per heavy atom. The monoisotopic (exact) mass is 378 g/mol. The lowest BCUT2D eigenvalue weighted by molar-refractivity contribution is -0.130. The molecule has 27 heavy (non-hydrogen) atoms. The average molecular weight is 378 g/mol. The third-order valence-electron chi connectivity index (χ3n) is 3.99. The van der Waals surface area contributed by atoms with Gasteiger partial charge in [-0.15, -0.1) is 0 Å². The molecule has 1 unspecified atom stereocenters. The van der Waals surface area contributed by atoms with Gasteiger partial charge in [-0.1, -0.05) is 6.07 Å². The van der Waals surface area contributed by atoms with Crippen LogP contribution in [0.2, 0.25) is 0 Å². The normalized spacial score (nSPS) is 12.5. The molecule has 0 fully saturated rings. The van der Waals surface area contributed by atoms with Crippen LogP contribution in [-0.2, 0) is 11.8 Å². The lowest BCUT2D eigenvalue weighted by Crippen LogP contribution is -2.30. The van der Waals surface area contributed by atoms with Crippen molar-refractivity contribution in [2.75, 3.05) is 6.61 Å². The number of halogens is 2. The standard InChI is InChI=1S/C15H17BF2N6O3/c1-23-14(20-8-22-23)12-7-24(9-21-12)13(4-5-27-15(17)18)11-3-2-10(6-19-11)16(25)26/h2-3,6-9,13,15,25-26H,4-5H2,1H3. The molecule has 0 aliphatic heterocycles. The average Bonchev–Trinajstić information content (AvgIpc) is 3.27. The summed E-state index contributed by atoms with van der Waals surface area (Å²) in [6.07, 6.45) is 6.21. The summed E-state index contributed by atoms with van der Waals surface area (Å²) in [4.78, 5) is 12.6. The first-order valence-electron chi connectivity index (χ1n) is 8.05. The van der Waals surface area contributed by atoms with E-state index in [2.05, 4.69) is 24.8 Å². The van der Waals surface area contributed by atoms with Gasteiger partial charge in [0.2, 0.25) is 0 Å². The van der Waals surface area contributed by atoms with Crippen LogP contribution in [0.15, 0.2) is 37.2 Å². The van der Waals surface area contributed by atoms with Crippen LogP contribution in [0.5, 0.6) is 0 Å². The second-order valence-corrected chi connectivity index (χ2v) is 5.74. The fraction of sp³-hybridized carbons (Fsp3) is 0.333. The zero-order chi connectivity index (χ0) is 19.4. The Kier molecular flexibility index (Phi) is 5.89. The highest BCUT2D eigenvalue weighted by Crippen LogP contribution is 2.23. The molecule has 0 amide bonds. The second-order valence-electron chi connectivity index (χ2n) is 5.74. The molecule has 2 N–H and O–H groups in total. The van der Waals surface area contributed by atoms with E-state index in [1.165, 1.54) is 18.6 Å². The van der Waals surface area contributed by atoms with Crippen molar-refractivity contribution in [3.63, 3.8) is 0 Å². The first kappa shape index (κ1) is 19.1. The molecule has 0 saturated heterocycles. The number of hydrogen-bond donors (Lipinski definition) is 2. The molecule has 0 aliphatic rings. The lowest BCUT2D eigenvalue weighted by atomic mass is 9.81. The molecule has 12 heteroatoms. The number of alkyl halides is 2. The van der Waals surface area contributed by atoms with Gasteiger partial charge in [0.1, 0.15) is 12.0 Å².